The Bertz CT molecular complexity index is 588. The summed E-state index contributed by atoms with van der Waals surface area (Å²) in [6.07, 6.45) is 5.00. The van der Waals surface area contributed by atoms with Crippen LogP contribution in [0.2, 0.25) is 0 Å². The SMILES string of the molecule is O=C(C[n+]1ccccc1)N/N=C/c1ccccc1O.[Cl-]. The van der Waals surface area contributed by atoms with Gasteiger partial charge in [-0.05, 0) is 12.1 Å². The Morgan fingerprint density at radius 3 is 2.60 bits per heavy atom. The molecule has 0 bridgehead atoms. The minimum Gasteiger partial charge on any atom is -1.00 e. The van der Waals surface area contributed by atoms with Crippen molar-refractivity contribution < 1.29 is 26.9 Å². The summed E-state index contributed by atoms with van der Waals surface area (Å²) in [6, 6.07) is 12.3. The number of aromatic nitrogens is 1. The van der Waals surface area contributed by atoms with Gasteiger partial charge < -0.3 is 17.5 Å². The number of nitrogens with zero attached hydrogens (tertiary/aromatic N) is 2. The lowest BCUT2D eigenvalue weighted by Gasteiger charge is -1.98. The van der Waals surface area contributed by atoms with Gasteiger partial charge in [0, 0.05) is 17.7 Å². The number of hydrazone groups is 1. The summed E-state index contributed by atoms with van der Waals surface area (Å²) in [6.45, 7) is 0.193. The molecule has 0 saturated heterocycles. The van der Waals surface area contributed by atoms with Gasteiger partial charge in [-0.3, -0.25) is 4.79 Å². The summed E-state index contributed by atoms with van der Waals surface area (Å²) in [5.74, 6) is -0.110. The molecule has 0 radical (unpaired) electrons. The molecular formula is C14H14ClN3O2. The van der Waals surface area contributed by atoms with Crippen molar-refractivity contribution in [2.24, 2.45) is 5.10 Å². The predicted molar refractivity (Wildman–Crippen MR) is 70.5 cm³/mol. The minimum absolute atomic E-state index is 0. The first kappa shape index (κ1) is 15.7. The zero-order valence-electron chi connectivity index (χ0n) is 10.6. The van der Waals surface area contributed by atoms with Gasteiger partial charge in [-0.2, -0.15) is 9.67 Å². The largest absolute Gasteiger partial charge is 1.00 e. The number of pyridine rings is 1. The quantitative estimate of drug-likeness (QED) is 0.383. The number of rotatable bonds is 4. The van der Waals surface area contributed by atoms with E-state index < -0.39 is 0 Å². The Labute approximate surface area is 123 Å². The molecule has 2 rings (SSSR count). The maximum absolute atomic E-state index is 11.6. The van der Waals surface area contributed by atoms with Crippen molar-refractivity contribution in [2.45, 2.75) is 6.54 Å². The Morgan fingerprint density at radius 1 is 1.20 bits per heavy atom. The topological polar surface area (TPSA) is 65.6 Å². The van der Waals surface area contributed by atoms with Crippen molar-refractivity contribution in [3.8, 4) is 5.75 Å². The zero-order valence-corrected chi connectivity index (χ0v) is 11.4. The van der Waals surface area contributed by atoms with Crippen LogP contribution in [0.25, 0.3) is 0 Å². The lowest BCUT2D eigenvalue weighted by molar-refractivity contribution is -0.684. The Morgan fingerprint density at radius 2 is 1.90 bits per heavy atom. The molecule has 104 valence electrons. The van der Waals surface area contributed by atoms with Crippen molar-refractivity contribution in [2.75, 3.05) is 0 Å². The molecule has 0 atom stereocenters. The first-order valence-electron chi connectivity index (χ1n) is 5.80. The van der Waals surface area contributed by atoms with Gasteiger partial charge >= 0.3 is 5.91 Å². The number of aromatic hydroxyl groups is 1. The number of benzene rings is 1. The smallest absolute Gasteiger partial charge is 0.305 e. The maximum atomic E-state index is 11.6. The fraction of sp³-hybridized carbons (Fsp3) is 0.0714. The molecule has 5 nitrogen and oxygen atoms in total. The van der Waals surface area contributed by atoms with Gasteiger partial charge in [0.2, 0.25) is 6.54 Å². The number of hydrogen-bond donors (Lipinski definition) is 2. The van der Waals surface area contributed by atoms with Crippen LogP contribution in [0.4, 0.5) is 0 Å². The predicted octanol–water partition coefficient (Wildman–Crippen LogP) is -2.17. The molecule has 2 N–H and O–H groups in total. The number of phenolic OH excluding ortho intramolecular Hbond substituents is 1. The monoisotopic (exact) mass is 291 g/mol. The number of amides is 1. The molecule has 0 aliphatic rings. The van der Waals surface area contributed by atoms with Gasteiger partial charge in [0.1, 0.15) is 5.75 Å². The molecule has 0 spiro atoms. The van der Waals surface area contributed by atoms with E-state index in [1.54, 1.807) is 41.2 Å². The third-order valence-electron chi connectivity index (χ3n) is 2.43. The van der Waals surface area contributed by atoms with Crippen LogP contribution in [0.3, 0.4) is 0 Å². The molecule has 1 amide bonds. The summed E-state index contributed by atoms with van der Waals surface area (Å²) in [4.78, 5) is 11.6. The van der Waals surface area contributed by atoms with Gasteiger partial charge in [0.15, 0.2) is 12.4 Å². The van der Waals surface area contributed by atoms with Crippen molar-refractivity contribution in [1.82, 2.24) is 5.43 Å². The van der Waals surface area contributed by atoms with Crippen molar-refractivity contribution >= 4 is 12.1 Å². The van der Waals surface area contributed by atoms with Gasteiger partial charge in [-0.25, -0.2) is 5.43 Å². The molecule has 1 heterocycles. The standard InChI is InChI=1S/C14H13N3O2.ClH/c18-13-7-3-2-6-12(13)10-15-16-14(19)11-17-8-4-1-5-9-17;/h1-10H,11H2,(H-,15,16,18,19);1H. The fourth-order valence-electron chi connectivity index (χ4n) is 1.51. The Hall–Kier alpha value is -2.40. The van der Waals surface area contributed by atoms with Crippen LogP contribution in [-0.4, -0.2) is 17.2 Å². The van der Waals surface area contributed by atoms with E-state index in [0.29, 0.717) is 5.56 Å². The number of carbonyl (C=O) groups excluding carboxylic acids is 1. The molecule has 0 fully saturated rings. The highest BCUT2D eigenvalue weighted by Crippen LogP contribution is 2.12. The van der Waals surface area contributed by atoms with E-state index in [9.17, 15) is 9.90 Å². The lowest BCUT2D eigenvalue weighted by atomic mass is 10.2. The second kappa shape index (κ2) is 7.91. The molecular weight excluding hydrogens is 278 g/mol. The molecule has 20 heavy (non-hydrogen) atoms. The van der Waals surface area contributed by atoms with E-state index in [0.717, 1.165) is 0 Å². The lowest BCUT2D eigenvalue weighted by Crippen LogP contribution is -3.00. The summed E-state index contributed by atoms with van der Waals surface area (Å²) < 4.78 is 1.74. The zero-order chi connectivity index (χ0) is 13.5. The Kier molecular flexibility index (Phi) is 6.19. The summed E-state index contributed by atoms with van der Waals surface area (Å²) in [5, 5.41) is 13.3. The molecule has 0 saturated carbocycles. The van der Waals surface area contributed by atoms with Gasteiger partial charge in [0.05, 0.1) is 6.21 Å². The Balaban J connectivity index is 0.00000200. The molecule has 0 unspecified atom stereocenters. The minimum atomic E-state index is -0.233. The van der Waals surface area contributed by atoms with E-state index in [1.807, 2.05) is 18.2 Å². The molecule has 6 heteroatoms. The third kappa shape index (κ3) is 4.70. The number of halogens is 1. The summed E-state index contributed by atoms with van der Waals surface area (Å²) in [7, 11) is 0. The summed E-state index contributed by atoms with van der Waals surface area (Å²) >= 11 is 0. The van der Waals surface area contributed by atoms with E-state index in [4.69, 9.17) is 0 Å². The van der Waals surface area contributed by atoms with Gasteiger partial charge in [-0.15, -0.1) is 0 Å². The van der Waals surface area contributed by atoms with Crippen LogP contribution in [0.5, 0.6) is 5.75 Å². The van der Waals surface area contributed by atoms with Crippen LogP contribution >= 0.6 is 0 Å². The average Bonchev–Trinajstić information content (AvgIpc) is 2.42. The van der Waals surface area contributed by atoms with E-state index in [1.165, 1.54) is 6.21 Å². The maximum Gasteiger partial charge on any atom is 0.305 e. The number of hydrogen-bond acceptors (Lipinski definition) is 3. The molecule has 0 aliphatic heterocycles. The number of nitrogens with one attached hydrogen (secondary N) is 1. The number of carbonyl (C=O) groups is 1. The highest BCUT2D eigenvalue weighted by Gasteiger charge is 2.06. The average molecular weight is 292 g/mol. The molecule has 1 aromatic carbocycles. The highest BCUT2D eigenvalue weighted by atomic mass is 35.5. The molecule has 1 aromatic heterocycles. The number of phenols is 1. The number of para-hydroxylation sites is 1. The van der Waals surface area contributed by atoms with Crippen molar-refractivity contribution in [3.63, 3.8) is 0 Å². The molecule has 0 aliphatic carbocycles. The van der Waals surface area contributed by atoms with Crippen LogP contribution in [-0.2, 0) is 11.3 Å². The van der Waals surface area contributed by atoms with Gasteiger partial charge in [0.25, 0.3) is 0 Å². The first-order valence-corrected chi connectivity index (χ1v) is 5.80. The van der Waals surface area contributed by atoms with Crippen molar-refractivity contribution in [1.29, 1.82) is 0 Å². The van der Waals surface area contributed by atoms with E-state index >= 15 is 0 Å². The second-order valence-corrected chi connectivity index (χ2v) is 3.90. The third-order valence-corrected chi connectivity index (χ3v) is 2.43. The summed E-state index contributed by atoms with van der Waals surface area (Å²) in [5.41, 5.74) is 2.96. The van der Waals surface area contributed by atoms with E-state index in [-0.39, 0.29) is 30.6 Å². The van der Waals surface area contributed by atoms with Crippen LogP contribution in [0.15, 0.2) is 60.0 Å². The second-order valence-electron chi connectivity index (χ2n) is 3.90. The normalized spacial score (nSPS) is 10.0. The van der Waals surface area contributed by atoms with E-state index in [2.05, 4.69) is 10.5 Å². The van der Waals surface area contributed by atoms with Gasteiger partial charge in [-0.1, -0.05) is 18.2 Å². The van der Waals surface area contributed by atoms with Crippen LogP contribution in [0.1, 0.15) is 5.56 Å². The highest BCUT2D eigenvalue weighted by molar-refractivity contribution is 5.84. The fourth-order valence-corrected chi connectivity index (χ4v) is 1.51. The first-order chi connectivity index (χ1) is 9.25. The van der Waals surface area contributed by atoms with Crippen LogP contribution in [0, 0.1) is 0 Å². The van der Waals surface area contributed by atoms with Crippen molar-refractivity contribution in [3.05, 3.63) is 60.4 Å². The molecule has 2 aromatic rings. The van der Waals surface area contributed by atoms with Crippen LogP contribution < -0.4 is 22.4 Å².